The van der Waals surface area contributed by atoms with E-state index in [2.05, 4.69) is 52.3 Å². The molecule has 3 atom stereocenters. The van der Waals surface area contributed by atoms with Gasteiger partial charge in [-0.2, -0.15) is 11.8 Å². The van der Waals surface area contributed by atoms with Gasteiger partial charge in [0.05, 0.1) is 0 Å². The summed E-state index contributed by atoms with van der Waals surface area (Å²) in [6.45, 7) is 9.15. The van der Waals surface area contributed by atoms with Gasteiger partial charge in [0.2, 0.25) is 0 Å². The molecule has 0 heterocycles. The van der Waals surface area contributed by atoms with E-state index >= 15 is 0 Å². The van der Waals surface area contributed by atoms with E-state index in [1.807, 2.05) is 0 Å². The Morgan fingerprint density at radius 1 is 1.12 bits per heavy atom. The third kappa shape index (κ3) is 3.64. The normalized spacial score (nSPS) is 28.6. The quantitative estimate of drug-likeness (QED) is 0.662. The van der Waals surface area contributed by atoms with Gasteiger partial charge in [-0.05, 0) is 30.9 Å². The summed E-state index contributed by atoms with van der Waals surface area (Å²) in [6.07, 6.45) is 5.23. The monoisotopic (exact) mass is 304 g/mol. The first-order chi connectivity index (χ1) is 7.58. The first kappa shape index (κ1) is 15.4. The Morgan fingerprint density at radius 3 is 2.41 bits per heavy atom. The predicted molar refractivity (Wildman–Crippen MR) is 70.5 cm³/mol. The van der Waals surface area contributed by atoms with Crippen LogP contribution in [0.15, 0.2) is 18.2 Å². The molecular formula is C16H23Y+2. The number of rotatable bonds is 1. The van der Waals surface area contributed by atoms with Gasteiger partial charge in [-0.1, -0.05) is 50.5 Å². The summed E-state index contributed by atoms with van der Waals surface area (Å²) in [6, 6.07) is 6.92. The van der Waals surface area contributed by atoms with Crippen LogP contribution in [0, 0.1) is 32.1 Å². The molecule has 0 aromatic heterocycles. The summed E-state index contributed by atoms with van der Waals surface area (Å²) >= 11 is 0. The van der Waals surface area contributed by atoms with Crippen LogP contribution in [0.4, 0.5) is 0 Å². The van der Waals surface area contributed by atoms with Crippen LogP contribution in [-0.4, -0.2) is 0 Å². The van der Waals surface area contributed by atoms with Gasteiger partial charge in [0.1, 0.15) is 0 Å². The Bertz CT molecular complexity index is 370. The molecule has 1 aliphatic carbocycles. The molecule has 3 unspecified atom stereocenters. The zero-order valence-corrected chi connectivity index (χ0v) is 14.4. The summed E-state index contributed by atoms with van der Waals surface area (Å²) < 4.78 is 0. The Morgan fingerprint density at radius 2 is 1.82 bits per heavy atom. The molecule has 0 N–H and O–H groups in total. The summed E-state index contributed by atoms with van der Waals surface area (Å²) in [7, 11) is 0. The molecular weight excluding hydrogens is 281 g/mol. The standard InChI is InChI=1S/C16H23.Y/c1-11-5-7-15(13(3)9-11)16-8-6-12(2)10-14(16)4;/h5,7,9-10,12,14,16H,6,8H2,1-4H3;/q-1;+3. The molecule has 2 rings (SSSR count). The largest absolute Gasteiger partial charge is 3.00 e. The van der Waals surface area contributed by atoms with Crippen molar-refractivity contribution in [3.05, 3.63) is 41.3 Å². The molecule has 0 saturated heterocycles. The van der Waals surface area contributed by atoms with E-state index in [0.717, 1.165) is 17.8 Å². The Balaban J connectivity index is 0.00000144. The van der Waals surface area contributed by atoms with Crippen LogP contribution in [0.5, 0.6) is 0 Å². The molecule has 1 aromatic rings. The van der Waals surface area contributed by atoms with Gasteiger partial charge in [0.15, 0.2) is 0 Å². The smallest absolute Gasteiger partial charge is 0.322 e. The predicted octanol–water partition coefficient (Wildman–Crippen LogP) is 4.65. The fraction of sp³-hybridized carbons (Fsp3) is 0.562. The molecule has 1 aromatic carbocycles. The molecule has 0 aliphatic heterocycles. The van der Waals surface area contributed by atoms with E-state index in [-0.39, 0.29) is 32.7 Å². The molecule has 1 fully saturated rings. The first-order valence-corrected chi connectivity index (χ1v) is 6.50. The average Bonchev–Trinajstić information content (AvgIpc) is 2.19. The fourth-order valence-electron chi connectivity index (χ4n) is 3.13. The Hall–Kier alpha value is 0.324. The fourth-order valence-corrected chi connectivity index (χ4v) is 3.13. The molecule has 88 valence electrons. The van der Waals surface area contributed by atoms with E-state index < -0.39 is 0 Å². The van der Waals surface area contributed by atoms with Crippen molar-refractivity contribution in [2.75, 3.05) is 0 Å². The topological polar surface area (TPSA) is 0 Å². The molecule has 1 heteroatoms. The van der Waals surface area contributed by atoms with Crippen LogP contribution < -0.4 is 0 Å². The van der Waals surface area contributed by atoms with Crippen molar-refractivity contribution < 1.29 is 32.7 Å². The maximum atomic E-state index is 2.54. The van der Waals surface area contributed by atoms with Crippen molar-refractivity contribution in [1.29, 1.82) is 0 Å². The molecule has 1 saturated carbocycles. The van der Waals surface area contributed by atoms with E-state index in [4.69, 9.17) is 0 Å². The minimum atomic E-state index is 0. The minimum Gasteiger partial charge on any atom is -0.322 e. The molecule has 0 bridgehead atoms. The van der Waals surface area contributed by atoms with Crippen molar-refractivity contribution in [2.45, 2.75) is 46.5 Å². The number of hydrogen-bond donors (Lipinski definition) is 0. The molecule has 0 radical (unpaired) electrons. The summed E-state index contributed by atoms with van der Waals surface area (Å²) in [5.74, 6) is 2.28. The van der Waals surface area contributed by atoms with Crippen LogP contribution in [0.1, 0.15) is 49.3 Å². The van der Waals surface area contributed by atoms with E-state index in [0.29, 0.717) is 0 Å². The van der Waals surface area contributed by atoms with Crippen LogP contribution in [0.25, 0.3) is 0 Å². The van der Waals surface area contributed by atoms with Gasteiger partial charge < -0.3 is 6.42 Å². The van der Waals surface area contributed by atoms with Gasteiger partial charge in [-0.15, -0.1) is 0 Å². The number of benzene rings is 1. The third-order valence-corrected chi connectivity index (χ3v) is 4.02. The maximum Gasteiger partial charge on any atom is 3.00 e. The second-order valence-corrected chi connectivity index (χ2v) is 5.57. The summed E-state index contributed by atoms with van der Waals surface area (Å²) in [5.41, 5.74) is 4.42. The maximum absolute atomic E-state index is 2.54. The van der Waals surface area contributed by atoms with Crippen LogP contribution in [-0.2, 0) is 32.7 Å². The average molecular weight is 304 g/mol. The molecule has 0 amide bonds. The van der Waals surface area contributed by atoms with Gasteiger partial charge in [0.25, 0.3) is 0 Å². The van der Waals surface area contributed by atoms with Crippen LogP contribution >= 0.6 is 0 Å². The second-order valence-electron chi connectivity index (χ2n) is 5.57. The van der Waals surface area contributed by atoms with E-state index in [1.54, 1.807) is 5.56 Å². The van der Waals surface area contributed by atoms with Gasteiger partial charge in [0, 0.05) is 0 Å². The summed E-state index contributed by atoms with van der Waals surface area (Å²) in [5, 5.41) is 0. The van der Waals surface area contributed by atoms with Crippen molar-refractivity contribution in [3.63, 3.8) is 0 Å². The number of hydrogen-bond acceptors (Lipinski definition) is 0. The van der Waals surface area contributed by atoms with Crippen molar-refractivity contribution in [1.82, 2.24) is 0 Å². The van der Waals surface area contributed by atoms with Crippen LogP contribution in [0.2, 0.25) is 0 Å². The zero-order chi connectivity index (χ0) is 11.7. The van der Waals surface area contributed by atoms with E-state index in [1.165, 1.54) is 24.0 Å². The third-order valence-electron chi connectivity index (χ3n) is 4.02. The molecule has 0 spiro atoms. The van der Waals surface area contributed by atoms with E-state index in [9.17, 15) is 0 Å². The molecule has 0 nitrogen and oxygen atoms in total. The second kappa shape index (κ2) is 6.48. The molecule has 17 heavy (non-hydrogen) atoms. The Labute approximate surface area is 131 Å². The van der Waals surface area contributed by atoms with Gasteiger partial charge in [-0.3, -0.25) is 0 Å². The van der Waals surface area contributed by atoms with Crippen molar-refractivity contribution in [3.8, 4) is 0 Å². The van der Waals surface area contributed by atoms with Crippen molar-refractivity contribution in [2.24, 2.45) is 11.8 Å². The Kier molecular flexibility index (Phi) is 5.86. The van der Waals surface area contributed by atoms with Crippen LogP contribution in [0.3, 0.4) is 0 Å². The zero-order valence-electron chi connectivity index (χ0n) is 11.5. The van der Waals surface area contributed by atoms with Crippen molar-refractivity contribution >= 4 is 0 Å². The van der Waals surface area contributed by atoms with Gasteiger partial charge in [-0.25, -0.2) is 0 Å². The first-order valence-electron chi connectivity index (χ1n) is 6.50. The minimum absolute atomic E-state index is 0. The summed E-state index contributed by atoms with van der Waals surface area (Å²) in [4.78, 5) is 0. The molecule has 1 aliphatic rings. The van der Waals surface area contributed by atoms with Gasteiger partial charge >= 0.3 is 32.7 Å². The number of aryl methyl sites for hydroxylation is 2. The SMILES string of the molecule is Cc1ccc(C2CCC(C)[CH-]C2C)c(C)c1.[Y+3].